The molecule has 0 N–H and O–H groups in total. The van der Waals surface area contributed by atoms with E-state index in [0.29, 0.717) is 0 Å². The van der Waals surface area contributed by atoms with Crippen LogP contribution in [0.2, 0.25) is 0 Å². The lowest BCUT2D eigenvalue weighted by atomic mass is 9.69. The number of benzene rings is 3. The van der Waals surface area contributed by atoms with Crippen molar-refractivity contribution in [1.82, 2.24) is 9.97 Å². The average Bonchev–Trinajstić information content (AvgIpc) is 3.47. The molecule has 8 rings (SSSR count). The SMILES string of the molecule is c1cnc2c(c1)CC1=C2C2(c3ccccc31)c1ccccc1-c1c2ccc2cccnc12. The van der Waals surface area contributed by atoms with Gasteiger partial charge in [0.1, 0.15) is 0 Å². The molecule has 3 aliphatic carbocycles. The van der Waals surface area contributed by atoms with Crippen LogP contribution in [-0.4, -0.2) is 9.97 Å². The molecule has 2 nitrogen and oxygen atoms in total. The Balaban J connectivity index is 1.61. The van der Waals surface area contributed by atoms with Gasteiger partial charge in [0.05, 0.1) is 16.6 Å². The van der Waals surface area contributed by atoms with E-state index in [2.05, 4.69) is 78.9 Å². The van der Waals surface area contributed by atoms with Crippen LogP contribution in [0.4, 0.5) is 0 Å². The zero-order valence-corrected chi connectivity index (χ0v) is 17.3. The molecular weight excluding hydrogens is 388 g/mol. The summed E-state index contributed by atoms with van der Waals surface area (Å²) in [5.41, 5.74) is 14.0. The smallest absolute Gasteiger partial charge is 0.0783 e. The van der Waals surface area contributed by atoms with Gasteiger partial charge in [-0.2, -0.15) is 0 Å². The summed E-state index contributed by atoms with van der Waals surface area (Å²) in [4.78, 5) is 9.80. The second-order valence-corrected chi connectivity index (χ2v) is 8.95. The summed E-state index contributed by atoms with van der Waals surface area (Å²) in [5.74, 6) is 0. The fraction of sp³-hybridized carbons (Fsp3) is 0.0667. The monoisotopic (exact) mass is 406 g/mol. The van der Waals surface area contributed by atoms with Crippen molar-refractivity contribution in [3.05, 3.63) is 131 Å². The molecule has 5 aromatic rings. The Labute approximate surface area is 185 Å². The first-order valence-electron chi connectivity index (χ1n) is 11.1. The quantitative estimate of drug-likeness (QED) is 0.296. The van der Waals surface area contributed by atoms with Crippen molar-refractivity contribution in [2.45, 2.75) is 11.8 Å². The third kappa shape index (κ3) is 1.72. The maximum absolute atomic E-state index is 4.94. The molecule has 3 aromatic carbocycles. The lowest BCUT2D eigenvalue weighted by Crippen LogP contribution is -2.27. The van der Waals surface area contributed by atoms with Gasteiger partial charge in [-0.15, -0.1) is 0 Å². The van der Waals surface area contributed by atoms with Crippen LogP contribution in [0, 0.1) is 0 Å². The molecule has 0 radical (unpaired) electrons. The van der Waals surface area contributed by atoms with E-state index in [0.717, 1.165) is 17.6 Å². The van der Waals surface area contributed by atoms with Gasteiger partial charge in [-0.1, -0.05) is 72.8 Å². The van der Waals surface area contributed by atoms with Gasteiger partial charge in [0.2, 0.25) is 0 Å². The zero-order chi connectivity index (χ0) is 20.9. The van der Waals surface area contributed by atoms with Crippen molar-refractivity contribution in [3.8, 4) is 11.1 Å². The van der Waals surface area contributed by atoms with Crippen molar-refractivity contribution in [2.75, 3.05) is 0 Å². The zero-order valence-electron chi connectivity index (χ0n) is 17.3. The highest BCUT2D eigenvalue weighted by molar-refractivity contribution is 6.14. The van der Waals surface area contributed by atoms with Gasteiger partial charge >= 0.3 is 0 Å². The van der Waals surface area contributed by atoms with E-state index in [4.69, 9.17) is 9.97 Å². The Morgan fingerprint density at radius 3 is 2.28 bits per heavy atom. The average molecular weight is 406 g/mol. The topological polar surface area (TPSA) is 25.8 Å². The van der Waals surface area contributed by atoms with E-state index in [1.807, 2.05) is 18.5 Å². The van der Waals surface area contributed by atoms with Crippen LogP contribution >= 0.6 is 0 Å². The van der Waals surface area contributed by atoms with Crippen molar-refractivity contribution in [3.63, 3.8) is 0 Å². The molecule has 2 heterocycles. The summed E-state index contributed by atoms with van der Waals surface area (Å²) < 4.78 is 0. The first kappa shape index (κ1) is 16.6. The summed E-state index contributed by atoms with van der Waals surface area (Å²) in [6.07, 6.45) is 4.80. The van der Waals surface area contributed by atoms with Crippen molar-refractivity contribution < 1.29 is 0 Å². The second kappa shape index (κ2) is 5.60. The predicted octanol–water partition coefficient (Wildman–Crippen LogP) is 6.43. The van der Waals surface area contributed by atoms with Gasteiger partial charge in [-0.25, -0.2) is 0 Å². The highest BCUT2D eigenvalue weighted by atomic mass is 14.7. The summed E-state index contributed by atoms with van der Waals surface area (Å²) >= 11 is 0. The van der Waals surface area contributed by atoms with Crippen molar-refractivity contribution in [2.24, 2.45) is 0 Å². The van der Waals surface area contributed by atoms with Gasteiger partial charge < -0.3 is 0 Å². The Kier molecular flexibility index (Phi) is 2.91. The second-order valence-electron chi connectivity index (χ2n) is 8.95. The third-order valence-electron chi connectivity index (χ3n) is 7.61. The summed E-state index contributed by atoms with van der Waals surface area (Å²) in [6, 6.07) is 31.0. The fourth-order valence-corrected chi connectivity index (χ4v) is 6.53. The van der Waals surface area contributed by atoms with Crippen LogP contribution in [0.3, 0.4) is 0 Å². The minimum atomic E-state index is -0.344. The molecule has 32 heavy (non-hydrogen) atoms. The van der Waals surface area contributed by atoms with Gasteiger partial charge in [0, 0.05) is 35.3 Å². The molecule has 0 aliphatic heterocycles. The van der Waals surface area contributed by atoms with Crippen molar-refractivity contribution >= 4 is 22.0 Å². The van der Waals surface area contributed by atoms with E-state index in [1.54, 1.807) is 0 Å². The number of fused-ring (bicyclic) bond motifs is 13. The van der Waals surface area contributed by atoms with Crippen LogP contribution in [0.5, 0.6) is 0 Å². The van der Waals surface area contributed by atoms with E-state index in [9.17, 15) is 0 Å². The molecule has 0 saturated heterocycles. The standard InChI is InChI=1S/C30H18N2/c1-3-11-23-20(9-1)22-17-19-8-6-16-32-29(19)27(22)30(23)24-12-4-2-10-21(24)26-25(30)14-13-18-7-5-15-31-28(18)26/h1-16H,17H2. The molecule has 1 spiro atoms. The van der Waals surface area contributed by atoms with Crippen LogP contribution in [-0.2, 0) is 11.8 Å². The lowest BCUT2D eigenvalue weighted by Gasteiger charge is -2.32. The molecule has 1 unspecified atom stereocenters. The number of allylic oxidation sites excluding steroid dienone is 2. The Morgan fingerprint density at radius 1 is 0.625 bits per heavy atom. The summed E-state index contributed by atoms with van der Waals surface area (Å²) in [7, 11) is 0. The number of pyridine rings is 2. The molecule has 2 heteroatoms. The first-order chi connectivity index (χ1) is 15.9. The highest BCUT2D eigenvalue weighted by Gasteiger charge is 2.55. The third-order valence-corrected chi connectivity index (χ3v) is 7.61. The number of aromatic nitrogens is 2. The van der Waals surface area contributed by atoms with Crippen LogP contribution < -0.4 is 0 Å². The largest absolute Gasteiger partial charge is 0.256 e. The molecular formula is C30H18N2. The number of hydrogen-bond donors (Lipinski definition) is 0. The minimum absolute atomic E-state index is 0.344. The molecule has 0 saturated carbocycles. The minimum Gasteiger partial charge on any atom is -0.256 e. The highest BCUT2D eigenvalue weighted by Crippen LogP contribution is 2.66. The molecule has 1 atom stereocenters. The molecule has 3 aliphatic rings. The number of hydrogen-bond acceptors (Lipinski definition) is 2. The maximum Gasteiger partial charge on any atom is 0.0783 e. The van der Waals surface area contributed by atoms with Crippen LogP contribution in [0.15, 0.2) is 97.3 Å². The Bertz CT molecular complexity index is 1660. The molecule has 148 valence electrons. The number of nitrogens with zero attached hydrogens (tertiary/aromatic N) is 2. The lowest BCUT2D eigenvalue weighted by molar-refractivity contribution is 0.836. The fourth-order valence-electron chi connectivity index (χ4n) is 6.53. The van der Waals surface area contributed by atoms with E-state index in [-0.39, 0.29) is 5.41 Å². The van der Waals surface area contributed by atoms with E-state index < -0.39 is 0 Å². The maximum atomic E-state index is 4.94. The normalized spacial score (nSPS) is 19.1. The van der Waals surface area contributed by atoms with Gasteiger partial charge in [0.25, 0.3) is 0 Å². The summed E-state index contributed by atoms with van der Waals surface area (Å²) in [6.45, 7) is 0. The predicted molar refractivity (Wildman–Crippen MR) is 128 cm³/mol. The van der Waals surface area contributed by atoms with Gasteiger partial charge in [-0.3, -0.25) is 9.97 Å². The van der Waals surface area contributed by atoms with Crippen LogP contribution in [0.1, 0.15) is 33.5 Å². The molecule has 0 bridgehead atoms. The van der Waals surface area contributed by atoms with Crippen molar-refractivity contribution in [1.29, 1.82) is 0 Å². The van der Waals surface area contributed by atoms with Gasteiger partial charge in [0.15, 0.2) is 0 Å². The van der Waals surface area contributed by atoms with E-state index in [1.165, 1.54) is 55.5 Å². The molecule has 2 aromatic heterocycles. The Hall–Kier alpha value is -4.04. The molecule has 0 amide bonds. The molecule has 0 fully saturated rings. The first-order valence-corrected chi connectivity index (χ1v) is 11.1. The Morgan fingerprint density at radius 2 is 1.38 bits per heavy atom. The van der Waals surface area contributed by atoms with E-state index >= 15 is 0 Å². The van der Waals surface area contributed by atoms with Gasteiger partial charge in [-0.05, 0) is 51.1 Å². The van der Waals surface area contributed by atoms with Crippen LogP contribution in [0.25, 0.3) is 33.2 Å². The number of rotatable bonds is 0. The summed E-state index contributed by atoms with van der Waals surface area (Å²) in [5, 5.41) is 1.18.